The normalized spacial score (nSPS) is 19.8. The van der Waals surface area contributed by atoms with Crippen molar-refractivity contribution in [1.29, 1.82) is 0 Å². The summed E-state index contributed by atoms with van der Waals surface area (Å²) in [7, 11) is 0. The fraction of sp³-hybridized carbons (Fsp3) is 0.625. The Hall–Kier alpha value is -1.07. The molecule has 72 valence electrons. The third-order valence-corrected chi connectivity index (χ3v) is 2.41. The summed E-state index contributed by atoms with van der Waals surface area (Å²) in [6, 6.07) is 0. The van der Waals surface area contributed by atoms with E-state index in [0.29, 0.717) is 25.7 Å². The number of aliphatic hydroxyl groups excluding tert-OH is 1. The number of rotatable bonds is 3. The Morgan fingerprint density at radius 3 is 2.85 bits per heavy atom. The number of aliphatic hydroxyl groups is 1. The Bertz CT molecular complexity index is 288. The smallest absolute Gasteiger partial charge is 0.200 e. The van der Waals surface area contributed by atoms with Crippen LogP contribution in [0.4, 0.5) is 5.95 Å². The van der Waals surface area contributed by atoms with Gasteiger partial charge in [0.1, 0.15) is 0 Å². The van der Waals surface area contributed by atoms with Crippen molar-refractivity contribution in [2.24, 2.45) is 5.41 Å². The van der Waals surface area contributed by atoms with E-state index in [1.807, 2.05) is 10.8 Å². The minimum Gasteiger partial charge on any atom is -0.396 e. The first-order chi connectivity index (χ1) is 6.26. The molecule has 1 aromatic heterocycles. The fourth-order valence-corrected chi connectivity index (χ4v) is 1.46. The highest BCUT2D eigenvalue weighted by molar-refractivity contribution is 5.17. The Balaban J connectivity index is 2.08. The summed E-state index contributed by atoms with van der Waals surface area (Å²) in [5.74, 6) is 0.486. The standard InChI is InChI=1S/C8H13N3O2/c9-7-10-1-2-11(7)3-8(4-12)5-13-6-8/h1-2,12H,3-6H2,(H2,9,10). The number of aromatic nitrogens is 2. The van der Waals surface area contributed by atoms with Crippen LogP contribution in [0.1, 0.15) is 0 Å². The van der Waals surface area contributed by atoms with Crippen LogP contribution in [0.15, 0.2) is 12.4 Å². The first-order valence-corrected chi connectivity index (χ1v) is 4.21. The van der Waals surface area contributed by atoms with E-state index in [0.717, 1.165) is 0 Å². The second-order valence-corrected chi connectivity index (χ2v) is 3.56. The fourth-order valence-electron chi connectivity index (χ4n) is 1.46. The number of ether oxygens (including phenoxy) is 1. The summed E-state index contributed by atoms with van der Waals surface area (Å²) in [6.07, 6.45) is 3.46. The first-order valence-electron chi connectivity index (χ1n) is 4.21. The molecule has 0 saturated carbocycles. The molecule has 0 unspecified atom stereocenters. The lowest BCUT2D eigenvalue weighted by atomic mass is 9.87. The molecule has 1 aliphatic rings. The molecule has 5 heteroatoms. The number of nitrogen functional groups attached to an aromatic ring is 1. The van der Waals surface area contributed by atoms with Crippen LogP contribution in [-0.2, 0) is 11.3 Å². The van der Waals surface area contributed by atoms with E-state index in [9.17, 15) is 5.11 Å². The SMILES string of the molecule is Nc1nccn1CC1(CO)COC1. The Morgan fingerprint density at radius 1 is 1.69 bits per heavy atom. The lowest BCUT2D eigenvalue weighted by molar-refractivity contribution is -0.144. The summed E-state index contributed by atoms with van der Waals surface area (Å²) in [6.45, 7) is 2.00. The highest BCUT2D eigenvalue weighted by Gasteiger charge is 2.38. The highest BCUT2D eigenvalue weighted by atomic mass is 16.5. The Morgan fingerprint density at radius 2 is 2.46 bits per heavy atom. The number of hydrogen-bond donors (Lipinski definition) is 2. The van der Waals surface area contributed by atoms with Gasteiger partial charge in [-0.15, -0.1) is 0 Å². The molecule has 2 rings (SSSR count). The predicted molar refractivity (Wildman–Crippen MR) is 47.0 cm³/mol. The van der Waals surface area contributed by atoms with Gasteiger partial charge in [0.05, 0.1) is 25.2 Å². The monoisotopic (exact) mass is 183 g/mol. The van der Waals surface area contributed by atoms with Gasteiger partial charge < -0.3 is 20.1 Å². The number of nitrogens with two attached hydrogens (primary N) is 1. The van der Waals surface area contributed by atoms with Crippen molar-refractivity contribution in [3.63, 3.8) is 0 Å². The molecule has 1 fully saturated rings. The quantitative estimate of drug-likeness (QED) is 0.661. The van der Waals surface area contributed by atoms with E-state index in [2.05, 4.69) is 4.98 Å². The van der Waals surface area contributed by atoms with Crippen LogP contribution in [0.2, 0.25) is 0 Å². The van der Waals surface area contributed by atoms with Gasteiger partial charge in [0.15, 0.2) is 5.95 Å². The number of nitrogens with zero attached hydrogens (tertiary/aromatic N) is 2. The van der Waals surface area contributed by atoms with Crippen LogP contribution in [0.5, 0.6) is 0 Å². The van der Waals surface area contributed by atoms with E-state index in [-0.39, 0.29) is 12.0 Å². The molecule has 0 aromatic carbocycles. The third-order valence-electron chi connectivity index (χ3n) is 2.41. The molecule has 2 heterocycles. The second-order valence-electron chi connectivity index (χ2n) is 3.56. The summed E-state index contributed by atoms with van der Waals surface area (Å²) in [5, 5.41) is 9.17. The molecule has 3 N–H and O–H groups in total. The van der Waals surface area contributed by atoms with Crippen LogP contribution in [-0.4, -0.2) is 34.5 Å². The van der Waals surface area contributed by atoms with E-state index in [1.54, 1.807) is 6.20 Å². The van der Waals surface area contributed by atoms with Crippen molar-refractivity contribution in [2.75, 3.05) is 25.6 Å². The third kappa shape index (κ3) is 1.40. The first kappa shape index (κ1) is 8.52. The van der Waals surface area contributed by atoms with Gasteiger partial charge in [-0.2, -0.15) is 0 Å². The molecule has 0 radical (unpaired) electrons. The van der Waals surface area contributed by atoms with Crippen LogP contribution in [0.3, 0.4) is 0 Å². The molecule has 13 heavy (non-hydrogen) atoms. The van der Waals surface area contributed by atoms with Crippen molar-refractivity contribution < 1.29 is 9.84 Å². The maximum Gasteiger partial charge on any atom is 0.200 e. The van der Waals surface area contributed by atoms with Gasteiger partial charge in [-0.05, 0) is 0 Å². The average Bonchev–Trinajstić information content (AvgIpc) is 2.44. The van der Waals surface area contributed by atoms with Crippen LogP contribution < -0.4 is 5.73 Å². The van der Waals surface area contributed by atoms with Gasteiger partial charge in [-0.1, -0.05) is 0 Å². The largest absolute Gasteiger partial charge is 0.396 e. The Labute approximate surface area is 76.1 Å². The number of hydrogen-bond acceptors (Lipinski definition) is 4. The van der Waals surface area contributed by atoms with E-state index in [4.69, 9.17) is 10.5 Å². The van der Waals surface area contributed by atoms with E-state index in [1.165, 1.54) is 0 Å². The summed E-state index contributed by atoms with van der Waals surface area (Å²) in [4.78, 5) is 3.91. The topological polar surface area (TPSA) is 73.3 Å². The van der Waals surface area contributed by atoms with Crippen LogP contribution in [0, 0.1) is 5.41 Å². The summed E-state index contributed by atoms with van der Waals surface area (Å²) < 4.78 is 6.92. The van der Waals surface area contributed by atoms with Gasteiger partial charge >= 0.3 is 0 Å². The summed E-state index contributed by atoms with van der Waals surface area (Å²) in [5.41, 5.74) is 5.47. The molecular weight excluding hydrogens is 170 g/mol. The number of anilines is 1. The van der Waals surface area contributed by atoms with Crippen molar-refractivity contribution in [1.82, 2.24) is 9.55 Å². The van der Waals surface area contributed by atoms with Crippen molar-refractivity contribution in [3.05, 3.63) is 12.4 Å². The predicted octanol–water partition coefficient (Wildman–Crippen LogP) is -0.526. The van der Waals surface area contributed by atoms with E-state index >= 15 is 0 Å². The zero-order valence-corrected chi connectivity index (χ0v) is 7.31. The molecule has 0 amide bonds. The lowest BCUT2D eigenvalue weighted by Crippen LogP contribution is -2.48. The maximum atomic E-state index is 9.17. The highest BCUT2D eigenvalue weighted by Crippen LogP contribution is 2.29. The van der Waals surface area contributed by atoms with Crippen molar-refractivity contribution in [2.45, 2.75) is 6.54 Å². The molecule has 0 atom stereocenters. The van der Waals surface area contributed by atoms with Gasteiger partial charge in [-0.25, -0.2) is 4.98 Å². The zero-order valence-electron chi connectivity index (χ0n) is 7.31. The summed E-state index contributed by atoms with van der Waals surface area (Å²) >= 11 is 0. The molecule has 0 aliphatic carbocycles. The van der Waals surface area contributed by atoms with Gasteiger partial charge in [0.2, 0.25) is 0 Å². The van der Waals surface area contributed by atoms with Crippen LogP contribution in [0.25, 0.3) is 0 Å². The molecule has 0 spiro atoms. The van der Waals surface area contributed by atoms with Gasteiger partial charge in [0.25, 0.3) is 0 Å². The lowest BCUT2D eigenvalue weighted by Gasteiger charge is -2.40. The average molecular weight is 183 g/mol. The molecule has 1 saturated heterocycles. The second kappa shape index (κ2) is 3.01. The minimum atomic E-state index is -0.144. The number of imidazole rings is 1. The minimum absolute atomic E-state index is 0.130. The molecule has 1 aromatic rings. The van der Waals surface area contributed by atoms with Gasteiger partial charge in [-0.3, -0.25) is 0 Å². The molecule has 5 nitrogen and oxygen atoms in total. The van der Waals surface area contributed by atoms with Crippen molar-refractivity contribution in [3.8, 4) is 0 Å². The van der Waals surface area contributed by atoms with E-state index < -0.39 is 0 Å². The van der Waals surface area contributed by atoms with Crippen molar-refractivity contribution >= 4 is 5.95 Å². The Kier molecular flexibility index (Phi) is 1.97. The molecule has 0 bridgehead atoms. The molecule has 1 aliphatic heterocycles. The molecular formula is C8H13N3O2. The van der Waals surface area contributed by atoms with Gasteiger partial charge in [0, 0.05) is 18.9 Å². The zero-order chi connectivity index (χ0) is 9.31. The maximum absolute atomic E-state index is 9.17. The van der Waals surface area contributed by atoms with Crippen LogP contribution >= 0.6 is 0 Å².